The molecule has 2 N–H and O–H groups in total. The normalized spacial score (nSPS) is 10.1. The highest BCUT2D eigenvalue weighted by Gasteiger charge is 2.12. The molecule has 1 rings (SSSR count). The van der Waals surface area contributed by atoms with E-state index in [0.717, 1.165) is 0 Å². The maximum absolute atomic E-state index is 11.2. The fourth-order valence-electron chi connectivity index (χ4n) is 0.922. The lowest BCUT2D eigenvalue weighted by Gasteiger charge is -2.00. The molecule has 16 heavy (non-hydrogen) atoms. The molecule has 0 aliphatic rings. The summed E-state index contributed by atoms with van der Waals surface area (Å²) in [4.78, 5) is 22.0. The van der Waals surface area contributed by atoms with Gasteiger partial charge < -0.3 is 14.8 Å². The molecule has 1 aromatic rings. The van der Waals surface area contributed by atoms with E-state index in [-0.39, 0.29) is 5.56 Å². The fourth-order valence-corrected chi connectivity index (χ4v) is 0.922. The van der Waals surface area contributed by atoms with E-state index in [1.165, 1.54) is 32.7 Å². The van der Waals surface area contributed by atoms with Gasteiger partial charge in [-0.25, -0.2) is 9.59 Å². The molecular formula is C9H11N3O4. The Morgan fingerprint density at radius 3 is 2.81 bits per heavy atom. The Bertz CT molecular complexity index is 411. The number of methoxy groups -OCH3 is 2. The van der Waals surface area contributed by atoms with E-state index in [9.17, 15) is 9.59 Å². The molecule has 0 aliphatic heterocycles. The van der Waals surface area contributed by atoms with Crippen molar-refractivity contribution in [1.29, 1.82) is 0 Å². The van der Waals surface area contributed by atoms with Gasteiger partial charge in [-0.3, -0.25) is 5.10 Å². The van der Waals surface area contributed by atoms with E-state index in [4.69, 9.17) is 0 Å². The van der Waals surface area contributed by atoms with Crippen LogP contribution in [0.5, 0.6) is 0 Å². The zero-order valence-electron chi connectivity index (χ0n) is 8.81. The summed E-state index contributed by atoms with van der Waals surface area (Å²) in [6.07, 6.45) is 3.81. The molecule has 0 atom stereocenters. The summed E-state index contributed by atoms with van der Waals surface area (Å²) in [5, 5.41) is 8.89. The summed E-state index contributed by atoms with van der Waals surface area (Å²) in [5.41, 5.74) is 0.247. The maximum atomic E-state index is 11.2. The summed E-state index contributed by atoms with van der Waals surface area (Å²) < 4.78 is 8.91. The Balaban J connectivity index is 2.68. The topological polar surface area (TPSA) is 93.3 Å². The molecule has 0 unspecified atom stereocenters. The van der Waals surface area contributed by atoms with Crippen molar-refractivity contribution >= 4 is 17.8 Å². The van der Waals surface area contributed by atoms with Crippen LogP contribution in [0.25, 0.3) is 0 Å². The molecule has 0 bridgehead atoms. The van der Waals surface area contributed by atoms with Gasteiger partial charge in [0.05, 0.1) is 20.4 Å². The van der Waals surface area contributed by atoms with Crippen LogP contribution < -0.4 is 5.32 Å². The quantitative estimate of drug-likeness (QED) is 0.565. The molecule has 0 radical (unpaired) electrons. The van der Waals surface area contributed by atoms with Gasteiger partial charge in [-0.2, -0.15) is 5.10 Å². The van der Waals surface area contributed by atoms with Crippen LogP contribution >= 0.6 is 0 Å². The Morgan fingerprint density at radius 2 is 2.19 bits per heavy atom. The number of carbonyl (C=O) groups excluding carboxylic acids is 2. The Labute approximate surface area is 91.4 Å². The molecule has 0 aliphatic carbocycles. The van der Waals surface area contributed by atoms with Crippen molar-refractivity contribution in [2.24, 2.45) is 0 Å². The van der Waals surface area contributed by atoms with Crippen molar-refractivity contribution in [1.82, 2.24) is 10.2 Å². The molecule has 0 spiro atoms. The van der Waals surface area contributed by atoms with Crippen LogP contribution in [0.3, 0.4) is 0 Å². The van der Waals surface area contributed by atoms with Crippen LogP contribution in [0.1, 0.15) is 10.4 Å². The standard InChI is InChI=1S/C9H11N3O4/c1-15-7(13)3-4-10-8-6(5-11-12-8)9(14)16-2/h3-5H,1-2H3,(H2,10,11,12)/b4-3+. The number of ether oxygens (including phenoxy) is 2. The molecule has 0 fully saturated rings. The molecule has 0 amide bonds. The number of H-pyrrole nitrogens is 1. The van der Waals surface area contributed by atoms with Gasteiger partial charge in [-0.15, -0.1) is 0 Å². The zero-order chi connectivity index (χ0) is 12.0. The highest BCUT2D eigenvalue weighted by molar-refractivity contribution is 5.94. The van der Waals surface area contributed by atoms with Gasteiger partial charge in [0.25, 0.3) is 0 Å². The predicted octanol–water partition coefficient (Wildman–Crippen LogP) is 0.295. The molecule has 86 valence electrons. The van der Waals surface area contributed by atoms with Crippen LogP contribution in [0.4, 0.5) is 5.82 Å². The molecule has 0 saturated carbocycles. The Kier molecular flexibility index (Phi) is 4.07. The van der Waals surface area contributed by atoms with Crippen molar-refractivity contribution < 1.29 is 19.1 Å². The second kappa shape index (κ2) is 5.54. The number of anilines is 1. The van der Waals surface area contributed by atoms with Crippen LogP contribution in [0.15, 0.2) is 18.5 Å². The van der Waals surface area contributed by atoms with E-state index in [0.29, 0.717) is 5.82 Å². The van der Waals surface area contributed by atoms with E-state index in [2.05, 4.69) is 25.0 Å². The van der Waals surface area contributed by atoms with Gasteiger partial charge in [-0.05, 0) is 0 Å². The number of esters is 2. The SMILES string of the molecule is COC(=O)/C=C/Nc1[nH]ncc1C(=O)OC. The first-order valence-corrected chi connectivity index (χ1v) is 4.31. The number of nitrogens with one attached hydrogen (secondary N) is 2. The van der Waals surface area contributed by atoms with Crippen molar-refractivity contribution in [3.05, 3.63) is 24.0 Å². The van der Waals surface area contributed by atoms with Gasteiger partial charge in [-0.1, -0.05) is 0 Å². The number of hydrogen-bond acceptors (Lipinski definition) is 6. The maximum Gasteiger partial charge on any atom is 0.343 e. The van der Waals surface area contributed by atoms with Gasteiger partial charge in [0.15, 0.2) is 0 Å². The minimum absolute atomic E-state index is 0.247. The average molecular weight is 225 g/mol. The molecule has 7 heteroatoms. The van der Waals surface area contributed by atoms with Crippen molar-refractivity contribution in [3.8, 4) is 0 Å². The number of aromatic amines is 1. The highest BCUT2D eigenvalue weighted by atomic mass is 16.5. The van der Waals surface area contributed by atoms with Gasteiger partial charge in [0, 0.05) is 12.3 Å². The smallest absolute Gasteiger partial charge is 0.343 e. The Hall–Kier alpha value is -2.31. The summed E-state index contributed by atoms with van der Waals surface area (Å²) in [6, 6.07) is 0. The third-order valence-corrected chi connectivity index (χ3v) is 1.69. The number of rotatable bonds is 4. The molecule has 1 heterocycles. The van der Waals surface area contributed by atoms with Crippen LogP contribution in [-0.2, 0) is 14.3 Å². The van der Waals surface area contributed by atoms with Gasteiger partial charge in [0.2, 0.25) is 0 Å². The van der Waals surface area contributed by atoms with Crippen LogP contribution in [-0.4, -0.2) is 36.4 Å². The van der Waals surface area contributed by atoms with Crippen molar-refractivity contribution in [3.63, 3.8) is 0 Å². The van der Waals surface area contributed by atoms with Crippen molar-refractivity contribution in [2.75, 3.05) is 19.5 Å². The minimum Gasteiger partial charge on any atom is -0.466 e. The van der Waals surface area contributed by atoms with E-state index in [1.54, 1.807) is 0 Å². The fraction of sp³-hybridized carbons (Fsp3) is 0.222. The molecule has 0 saturated heterocycles. The second-order valence-corrected chi connectivity index (χ2v) is 2.65. The summed E-state index contributed by atoms with van der Waals surface area (Å²) in [6.45, 7) is 0. The highest BCUT2D eigenvalue weighted by Crippen LogP contribution is 2.11. The summed E-state index contributed by atoms with van der Waals surface area (Å²) in [7, 11) is 2.53. The molecule has 0 aromatic carbocycles. The third-order valence-electron chi connectivity index (χ3n) is 1.69. The lowest BCUT2D eigenvalue weighted by atomic mass is 10.3. The van der Waals surface area contributed by atoms with Crippen LogP contribution in [0.2, 0.25) is 0 Å². The number of hydrogen-bond donors (Lipinski definition) is 2. The molecular weight excluding hydrogens is 214 g/mol. The first-order chi connectivity index (χ1) is 7.69. The number of carbonyl (C=O) groups is 2. The zero-order valence-corrected chi connectivity index (χ0v) is 8.81. The number of nitrogens with zero attached hydrogens (tertiary/aromatic N) is 1. The molecule has 1 aromatic heterocycles. The van der Waals surface area contributed by atoms with Gasteiger partial charge in [0.1, 0.15) is 11.4 Å². The molecule has 7 nitrogen and oxygen atoms in total. The monoisotopic (exact) mass is 225 g/mol. The summed E-state index contributed by atoms with van der Waals surface area (Å²) >= 11 is 0. The minimum atomic E-state index is -0.525. The van der Waals surface area contributed by atoms with E-state index < -0.39 is 11.9 Å². The third kappa shape index (κ3) is 2.84. The van der Waals surface area contributed by atoms with E-state index in [1.807, 2.05) is 0 Å². The first-order valence-electron chi connectivity index (χ1n) is 4.31. The van der Waals surface area contributed by atoms with E-state index >= 15 is 0 Å². The average Bonchev–Trinajstić information content (AvgIpc) is 2.76. The lowest BCUT2D eigenvalue weighted by Crippen LogP contribution is -2.04. The lowest BCUT2D eigenvalue weighted by molar-refractivity contribution is -0.134. The number of aromatic nitrogens is 2. The van der Waals surface area contributed by atoms with Gasteiger partial charge >= 0.3 is 11.9 Å². The predicted molar refractivity (Wildman–Crippen MR) is 54.7 cm³/mol. The van der Waals surface area contributed by atoms with Crippen molar-refractivity contribution in [2.45, 2.75) is 0 Å². The Morgan fingerprint density at radius 1 is 1.44 bits per heavy atom. The second-order valence-electron chi connectivity index (χ2n) is 2.65. The summed E-state index contributed by atoms with van der Waals surface area (Å²) in [5.74, 6) is -0.693. The largest absolute Gasteiger partial charge is 0.466 e. The van der Waals surface area contributed by atoms with Crippen LogP contribution in [0, 0.1) is 0 Å². The first kappa shape index (κ1) is 11.8.